The third kappa shape index (κ3) is 5.17. The number of nitrogens with one attached hydrogen (secondary N) is 1. The van der Waals surface area contributed by atoms with Gasteiger partial charge in [0.1, 0.15) is 11.2 Å². The average molecular weight is 519 g/mol. The fourth-order valence-corrected chi connectivity index (χ4v) is 4.67. The molecular weight excluding hydrogens is 502 g/mol. The van der Waals surface area contributed by atoms with Crippen molar-refractivity contribution in [2.45, 2.75) is 23.6 Å². The highest BCUT2D eigenvalue weighted by atomic mass is 35.5. The molecule has 0 aliphatic carbocycles. The van der Waals surface area contributed by atoms with Crippen molar-refractivity contribution >= 4 is 44.6 Å². The molecule has 15 heteroatoms. The van der Waals surface area contributed by atoms with Gasteiger partial charge < -0.3 is 10.2 Å². The van der Waals surface area contributed by atoms with Crippen molar-refractivity contribution < 1.29 is 26.8 Å². The Bertz CT molecular complexity index is 1310. The Morgan fingerprint density at radius 1 is 1.21 bits per heavy atom. The second-order valence-corrected chi connectivity index (χ2v) is 10.3. The lowest BCUT2D eigenvalue weighted by Crippen LogP contribution is -2.29. The first-order chi connectivity index (χ1) is 15.4. The van der Waals surface area contributed by atoms with Crippen LogP contribution in [0.5, 0.6) is 0 Å². The lowest BCUT2D eigenvalue weighted by molar-refractivity contribution is 0.0831. The van der Waals surface area contributed by atoms with Gasteiger partial charge in [0.05, 0.1) is 17.1 Å². The molecule has 176 valence electrons. The Hall–Kier alpha value is -2.97. The molecule has 0 unspecified atom stereocenters. The topological polar surface area (TPSA) is 127 Å². The summed E-state index contributed by atoms with van der Waals surface area (Å²) in [6.07, 6.45) is 2.63. The van der Waals surface area contributed by atoms with Crippen molar-refractivity contribution in [1.29, 1.82) is 0 Å². The van der Waals surface area contributed by atoms with E-state index in [2.05, 4.69) is 20.4 Å². The minimum Gasteiger partial charge on any atom is -0.344 e. The van der Waals surface area contributed by atoms with Crippen LogP contribution in [0.4, 0.5) is 8.78 Å². The molecule has 10 nitrogen and oxygen atoms in total. The van der Waals surface area contributed by atoms with E-state index < -0.39 is 32.4 Å². The molecule has 1 N–H and O–H groups in total. The fourth-order valence-electron chi connectivity index (χ4n) is 2.68. The number of sulfone groups is 1. The van der Waals surface area contributed by atoms with Gasteiger partial charge in [-0.05, 0) is 25.1 Å². The highest BCUT2D eigenvalue weighted by Gasteiger charge is 2.28. The molecule has 3 rings (SSSR count). The van der Waals surface area contributed by atoms with E-state index in [1.165, 1.54) is 22.1 Å². The Labute approximate surface area is 196 Å². The number of carbonyl (C=O) groups is 2. The van der Waals surface area contributed by atoms with Crippen LogP contribution in [0.15, 0.2) is 35.6 Å². The molecule has 2 amide bonds. The number of halogens is 3. The summed E-state index contributed by atoms with van der Waals surface area (Å²) >= 11 is 6.92. The van der Waals surface area contributed by atoms with E-state index in [1.807, 2.05) is 0 Å². The second kappa shape index (κ2) is 9.49. The largest absolute Gasteiger partial charge is 0.344 e. The van der Waals surface area contributed by atoms with Gasteiger partial charge in [-0.1, -0.05) is 22.9 Å². The van der Waals surface area contributed by atoms with Gasteiger partial charge >= 0.3 is 5.76 Å². The quantitative estimate of drug-likeness (QED) is 0.509. The van der Waals surface area contributed by atoms with Crippen molar-refractivity contribution in [3.63, 3.8) is 0 Å². The number of thiazole rings is 1. The van der Waals surface area contributed by atoms with Crippen LogP contribution in [0, 0.1) is 0 Å². The molecule has 0 fully saturated rings. The first-order valence-electron chi connectivity index (χ1n) is 9.13. The maximum Gasteiger partial charge on any atom is 0.341 e. The fraction of sp³-hybridized carbons (Fsp3) is 0.278. The summed E-state index contributed by atoms with van der Waals surface area (Å²) in [6, 6.07) is 2.06. The highest BCUT2D eigenvalue weighted by Crippen LogP contribution is 2.25. The highest BCUT2D eigenvalue weighted by molar-refractivity contribution is 7.91. The Balaban J connectivity index is 1.85. The zero-order chi connectivity index (χ0) is 24.5. The van der Waals surface area contributed by atoms with Crippen LogP contribution in [0.2, 0.25) is 5.02 Å². The van der Waals surface area contributed by atoms with E-state index in [-0.39, 0.29) is 22.3 Å². The van der Waals surface area contributed by atoms with Crippen LogP contribution in [0.1, 0.15) is 38.8 Å². The summed E-state index contributed by atoms with van der Waals surface area (Å²) in [5.41, 5.74) is -0.229. The number of hydrogen-bond acceptors (Lipinski definition) is 8. The number of amides is 2. The molecule has 0 saturated carbocycles. The molecule has 1 aromatic carbocycles. The normalized spacial score (nSPS) is 12.6. The minimum absolute atomic E-state index is 0.196. The molecular formula is C18H17ClF2N6O4S2. The maximum atomic E-state index is 12.9. The summed E-state index contributed by atoms with van der Waals surface area (Å²) in [5.74, 6) is -4.40. The van der Waals surface area contributed by atoms with Crippen molar-refractivity contribution in [3.05, 3.63) is 52.0 Å². The zero-order valence-electron chi connectivity index (χ0n) is 17.4. The van der Waals surface area contributed by atoms with Crippen molar-refractivity contribution in [2.75, 3.05) is 14.1 Å². The maximum absolute atomic E-state index is 12.9. The summed E-state index contributed by atoms with van der Waals surface area (Å²) in [4.78, 5) is 34.1. The summed E-state index contributed by atoms with van der Waals surface area (Å²) in [5, 5.41) is 6.81. The third-order valence-electron chi connectivity index (χ3n) is 4.30. The molecule has 2 aromatic heterocycles. The van der Waals surface area contributed by atoms with E-state index in [0.717, 1.165) is 29.5 Å². The summed E-state index contributed by atoms with van der Waals surface area (Å²) < 4.78 is 50.6. The second-order valence-electron chi connectivity index (χ2n) is 6.91. The molecule has 0 radical (unpaired) electrons. The Morgan fingerprint density at radius 3 is 2.55 bits per heavy atom. The molecule has 0 saturated heterocycles. The lowest BCUT2D eigenvalue weighted by Gasteiger charge is -2.14. The van der Waals surface area contributed by atoms with Crippen LogP contribution in [-0.2, 0) is 9.84 Å². The van der Waals surface area contributed by atoms with E-state index in [1.54, 1.807) is 21.0 Å². The molecule has 0 bridgehead atoms. The predicted molar refractivity (Wildman–Crippen MR) is 116 cm³/mol. The van der Waals surface area contributed by atoms with Crippen LogP contribution >= 0.6 is 22.9 Å². The van der Waals surface area contributed by atoms with Crippen LogP contribution in [-0.4, -0.2) is 64.7 Å². The number of aromatic nitrogens is 4. The van der Waals surface area contributed by atoms with Gasteiger partial charge in [-0.15, -0.1) is 0 Å². The number of hydrogen-bond donors (Lipinski definition) is 1. The van der Waals surface area contributed by atoms with Crippen molar-refractivity contribution in [1.82, 2.24) is 30.0 Å². The van der Waals surface area contributed by atoms with E-state index in [4.69, 9.17) is 11.6 Å². The van der Waals surface area contributed by atoms with E-state index >= 15 is 0 Å². The first-order valence-corrected chi connectivity index (χ1v) is 11.9. The predicted octanol–water partition coefficient (Wildman–Crippen LogP) is 2.57. The average Bonchev–Trinajstić information content (AvgIpc) is 3.41. The minimum atomic E-state index is -4.94. The van der Waals surface area contributed by atoms with Gasteiger partial charge in [-0.25, -0.2) is 18.4 Å². The number of rotatable bonds is 7. The number of carbonyl (C=O) groups excluding carboxylic acids is 2. The number of alkyl halides is 2. The molecule has 33 heavy (non-hydrogen) atoms. The van der Waals surface area contributed by atoms with Crippen LogP contribution in [0.3, 0.4) is 0 Å². The Morgan fingerprint density at radius 2 is 1.91 bits per heavy atom. The number of benzene rings is 1. The monoisotopic (exact) mass is 518 g/mol. The molecule has 2 heterocycles. The van der Waals surface area contributed by atoms with Gasteiger partial charge in [0.2, 0.25) is 15.0 Å². The third-order valence-corrected chi connectivity index (χ3v) is 6.84. The Kier molecular flexibility index (Phi) is 7.09. The molecule has 3 aromatic rings. The van der Waals surface area contributed by atoms with Gasteiger partial charge in [-0.2, -0.15) is 18.6 Å². The van der Waals surface area contributed by atoms with Gasteiger partial charge in [0.25, 0.3) is 11.8 Å². The molecule has 0 aliphatic rings. The summed E-state index contributed by atoms with van der Waals surface area (Å²) in [7, 11) is -1.73. The van der Waals surface area contributed by atoms with Gasteiger partial charge in [0, 0.05) is 24.7 Å². The standard InChI is InChI=1S/C18H17ClF2N6O4S2/c1-9(14-23-8-24-27(14)18-22-7-13(32-18)16(29)26(2)3)25-15(28)10-4-11(19)6-12(5-10)33(30,31)17(20)21/h4-9,17H,1-3H3,(H,25,28)/t9-/m0/s1. The number of nitrogens with zero attached hydrogens (tertiary/aromatic N) is 5. The van der Waals surface area contributed by atoms with Gasteiger partial charge in [-0.3, -0.25) is 9.59 Å². The summed E-state index contributed by atoms with van der Waals surface area (Å²) in [6.45, 7) is 1.58. The van der Waals surface area contributed by atoms with Crippen molar-refractivity contribution in [2.24, 2.45) is 0 Å². The van der Waals surface area contributed by atoms with E-state index in [9.17, 15) is 26.8 Å². The lowest BCUT2D eigenvalue weighted by atomic mass is 10.2. The molecule has 0 aliphatic heterocycles. The van der Waals surface area contributed by atoms with Crippen LogP contribution < -0.4 is 5.32 Å². The van der Waals surface area contributed by atoms with Crippen LogP contribution in [0.25, 0.3) is 5.13 Å². The SMILES string of the molecule is C[C@H](NC(=O)c1cc(Cl)cc(S(=O)(=O)C(F)F)c1)c1ncnn1-c1ncc(C(=O)N(C)C)s1. The van der Waals surface area contributed by atoms with E-state index in [0.29, 0.717) is 10.0 Å². The van der Waals surface area contributed by atoms with Crippen molar-refractivity contribution in [3.8, 4) is 5.13 Å². The zero-order valence-corrected chi connectivity index (χ0v) is 19.7. The first kappa shape index (κ1) is 24.7. The molecule has 1 atom stereocenters. The molecule has 0 spiro atoms. The van der Waals surface area contributed by atoms with Gasteiger partial charge in [0.15, 0.2) is 5.82 Å². The smallest absolute Gasteiger partial charge is 0.341 e.